The summed E-state index contributed by atoms with van der Waals surface area (Å²) in [5.74, 6) is -0.319. The van der Waals surface area contributed by atoms with Crippen molar-refractivity contribution in [3.63, 3.8) is 0 Å². The highest BCUT2D eigenvalue weighted by atomic mass is 35.5. The first kappa shape index (κ1) is 16.8. The van der Waals surface area contributed by atoms with Crippen molar-refractivity contribution in [2.75, 3.05) is 17.1 Å². The molecule has 7 heteroatoms. The van der Waals surface area contributed by atoms with Crippen LogP contribution in [0.15, 0.2) is 24.3 Å². The van der Waals surface area contributed by atoms with Gasteiger partial charge in [0.1, 0.15) is 6.04 Å². The SMILES string of the molecule is CCNC(=O)[C@H](CC)N(c1cccc(Cl)c1)S(C)(=O)=O. The van der Waals surface area contributed by atoms with Crippen molar-refractivity contribution in [2.45, 2.75) is 26.3 Å². The summed E-state index contributed by atoms with van der Waals surface area (Å²) in [6, 6.07) is 5.67. The van der Waals surface area contributed by atoms with E-state index < -0.39 is 16.1 Å². The lowest BCUT2D eigenvalue weighted by molar-refractivity contribution is -0.122. The molecule has 0 saturated heterocycles. The molecule has 0 bridgehead atoms. The zero-order valence-electron chi connectivity index (χ0n) is 11.8. The Morgan fingerprint density at radius 3 is 2.50 bits per heavy atom. The van der Waals surface area contributed by atoms with Crippen LogP contribution in [-0.2, 0) is 14.8 Å². The lowest BCUT2D eigenvalue weighted by Crippen LogP contribution is -2.49. The van der Waals surface area contributed by atoms with Crippen molar-refractivity contribution in [1.82, 2.24) is 5.32 Å². The third kappa shape index (κ3) is 4.11. The predicted octanol–water partition coefficient (Wildman–Crippen LogP) is 2.02. The van der Waals surface area contributed by atoms with Gasteiger partial charge in [-0.25, -0.2) is 8.42 Å². The summed E-state index contributed by atoms with van der Waals surface area (Å²) in [6.07, 6.45) is 1.45. The molecule has 0 spiro atoms. The minimum atomic E-state index is -3.60. The van der Waals surface area contributed by atoms with E-state index in [9.17, 15) is 13.2 Å². The Morgan fingerprint density at radius 1 is 1.40 bits per heavy atom. The van der Waals surface area contributed by atoms with Crippen molar-refractivity contribution >= 4 is 33.2 Å². The quantitative estimate of drug-likeness (QED) is 0.872. The summed E-state index contributed by atoms with van der Waals surface area (Å²) in [4.78, 5) is 12.1. The van der Waals surface area contributed by atoms with Gasteiger partial charge in [0, 0.05) is 11.6 Å². The van der Waals surface area contributed by atoms with Crippen LogP contribution in [0.2, 0.25) is 5.02 Å². The minimum Gasteiger partial charge on any atom is -0.355 e. The number of carbonyl (C=O) groups is 1. The van der Waals surface area contributed by atoms with E-state index in [1.165, 1.54) is 6.07 Å². The van der Waals surface area contributed by atoms with Crippen LogP contribution in [-0.4, -0.2) is 33.2 Å². The van der Waals surface area contributed by atoms with Gasteiger partial charge in [-0.2, -0.15) is 0 Å². The van der Waals surface area contributed by atoms with E-state index in [1.54, 1.807) is 32.0 Å². The van der Waals surface area contributed by atoms with Crippen molar-refractivity contribution in [3.8, 4) is 0 Å². The van der Waals surface area contributed by atoms with Crippen LogP contribution >= 0.6 is 11.6 Å². The van der Waals surface area contributed by atoms with Crippen LogP contribution in [0.1, 0.15) is 20.3 Å². The van der Waals surface area contributed by atoms with Crippen LogP contribution < -0.4 is 9.62 Å². The predicted molar refractivity (Wildman–Crippen MR) is 81.5 cm³/mol. The van der Waals surface area contributed by atoms with Crippen LogP contribution in [0.3, 0.4) is 0 Å². The number of carbonyl (C=O) groups excluding carboxylic acids is 1. The number of rotatable bonds is 6. The summed E-state index contributed by atoms with van der Waals surface area (Å²) in [7, 11) is -3.60. The molecule has 1 amide bonds. The van der Waals surface area contributed by atoms with E-state index in [1.807, 2.05) is 0 Å². The molecular formula is C13H19ClN2O3S. The molecule has 1 aromatic rings. The largest absolute Gasteiger partial charge is 0.355 e. The van der Waals surface area contributed by atoms with Crippen LogP contribution in [0, 0.1) is 0 Å². The highest BCUT2D eigenvalue weighted by Crippen LogP contribution is 2.25. The van der Waals surface area contributed by atoms with Crippen LogP contribution in [0.4, 0.5) is 5.69 Å². The third-order valence-electron chi connectivity index (χ3n) is 2.74. The minimum absolute atomic E-state index is 0.319. The molecule has 1 rings (SSSR count). The third-order valence-corrected chi connectivity index (χ3v) is 4.16. The first-order valence-corrected chi connectivity index (χ1v) is 8.56. The van der Waals surface area contributed by atoms with Gasteiger partial charge in [-0.05, 0) is 31.5 Å². The summed E-state index contributed by atoms with van der Waals surface area (Å²) >= 11 is 5.91. The molecule has 0 aliphatic carbocycles. The van der Waals surface area contributed by atoms with Gasteiger partial charge in [0.15, 0.2) is 0 Å². The lowest BCUT2D eigenvalue weighted by Gasteiger charge is -2.30. The van der Waals surface area contributed by atoms with Gasteiger partial charge in [-0.1, -0.05) is 24.6 Å². The Balaban J connectivity index is 3.29. The van der Waals surface area contributed by atoms with Gasteiger partial charge >= 0.3 is 0 Å². The van der Waals surface area contributed by atoms with E-state index in [2.05, 4.69) is 5.32 Å². The average molecular weight is 319 g/mol. The molecule has 0 unspecified atom stereocenters. The summed E-state index contributed by atoms with van der Waals surface area (Å²) < 4.78 is 25.2. The van der Waals surface area contributed by atoms with Gasteiger partial charge in [0.25, 0.3) is 0 Å². The summed E-state index contributed by atoms with van der Waals surface area (Å²) in [5.41, 5.74) is 0.387. The molecular weight excluding hydrogens is 300 g/mol. The second kappa shape index (κ2) is 6.95. The van der Waals surface area contributed by atoms with E-state index in [4.69, 9.17) is 11.6 Å². The number of hydrogen-bond donors (Lipinski definition) is 1. The number of nitrogens with one attached hydrogen (secondary N) is 1. The normalized spacial score (nSPS) is 12.8. The van der Waals surface area contributed by atoms with Gasteiger partial charge in [-0.3, -0.25) is 9.10 Å². The number of sulfonamides is 1. The van der Waals surface area contributed by atoms with E-state index in [0.29, 0.717) is 23.7 Å². The molecule has 0 heterocycles. The molecule has 5 nitrogen and oxygen atoms in total. The molecule has 0 aromatic heterocycles. The maximum atomic E-state index is 12.1. The zero-order valence-corrected chi connectivity index (χ0v) is 13.3. The number of benzene rings is 1. The first-order valence-electron chi connectivity index (χ1n) is 6.34. The Bertz CT molecular complexity index is 575. The molecule has 0 aliphatic heterocycles. The first-order chi connectivity index (χ1) is 9.31. The van der Waals surface area contributed by atoms with Crippen LogP contribution in [0.25, 0.3) is 0 Å². The number of likely N-dealkylation sites (N-methyl/N-ethyl adjacent to an activating group) is 1. The topological polar surface area (TPSA) is 66.5 Å². The summed E-state index contributed by atoms with van der Waals surface area (Å²) in [6.45, 7) is 4.00. The van der Waals surface area contributed by atoms with Crippen LogP contribution in [0.5, 0.6) is 0 Å². The fourth-order valence-corrected chi connectivity index (χ4v) is 3.35. The molecule has 112 valence electrons. The molecule has 1 N–H and O–H groups in total. The Morgan fingerprint density at radius 2 is 2.05 bits per heavy atom. The fraction of sp³-hybridized carbons (Fsp3) is 0.462. The second-order valence-electron chi connectivity index (χ2n) is 4.36. The van der Waals surface area contributed by atoms with Crippen molar-refractivity contribution in [3.05, 3.63) is 29.3 Å². The fourth-order valence-electron chi connectivity index (χ4n) is 1.97. The molecule has 20 heavy (non-hydrogen) atoms. The highest BCUT2D eigenvalue weighted by Gasteiger charge is 2.31. The number of nitrogens with zero attached hydrogens (tertiary/aromatic N) is 1. The smallest absolute Gasteiger partial charge is 0.243 e. The molecule has 0 saturated carbocycles. The Labute approximate surface area is 125 Å². The Kier molecular flexibility index (Phi) is 5.83. The average Bonchev–Trinajstić information content (AvgIpc) is 2.34. The molecule has 1 aromatic carbocycles. The number of halogens is 1. The number of amides is 1. The Hall–Kier alpha value is -1.27. The zero-order chi connectivity index (χ0) is 15.3. The van der Waals surface area contributed by atoms with E-state index in [0.717, 1.165) is 10.6 Å². The molecule has 0 fully saturated rings. The van der Waals surface area contributed by atoms with Crippen molar-refractivity contribution in [1.29, 1.82) is 0 Å². The molecule has 0 aliphatic rings. The van der Waals surface area contributed by atoms with Gasteiger partial charge in [-0.15, -0.1) is 0 Å². The molecule has 1 atom stereocenters. The second-order valence-corrected chi connectivity index (χ2v) is 6.65. The van der Waals surface area contributed by atoms with Gasteiger partial charge in [0.2, 0.25) is 15.9 Å². The summed E-state index contributed by atoms with van der Waals surface area (Å²) in [5, 5.41) is 3.07. The highest BCUT2D eigenvalue weighted by molar-refractivity contribution is 7.92. The van der Waals surface area contributed by atoms with Gasteiger partial charge in [0.05, 0.1) is 11.9 Å². The van der Waals surface area contributed by atoms with E-state index >= 15 is 0 Å². The van der Waals surface area contributed by atoms with Crippen molar-refractivity contribution < 1.29 is 13.2 Å². The van der Waals surface area contributed by atoms with Crippen molar-refractivity contribution in [2.24, 2.45) is 0 Å². The van der Waals surface area contributed by atoms with Gasteiger partial charge < -0.3 is 5.32 Å². The maximum absolute atomic E-state index is 12.1. The maximum Gasteiger partial charge on any atom is 0.243 e. The standard InChI is InChI=1S/C13H19ClN2O3S/c1-4-12(13(17)15-5-2)16(20(3,18)19)11-8-6-7-10(14)9-11/h6-9,12H,4-5H2,1-3H3,(H,15,17)/t12-/m0/s1. The number of anilines is 1. The van der Waals surface area contributed by atoms with E-state index in [-0.39, 0.29) is 5.91 Å². The number of hydrogen-bond acceptors (Lipinski definition) is 3. The monoisotopic (exact) mass is 318 g/mol. The molecule has 0 radical (unpaired) electrons. The lowest BCUT2D eigenvalue weighted by atomic mass is 10.2.